The molecule has 0 saturated heterocycles. The van der Waals surface area contributed by atoms with Crippen LogP contribution < -0.4 is 4.80 Å². The molecule has 1 heterocycles. The van der Waals surface area contributed by atoms with Gasteiger partial charge in [-0.15, -0.1) is 11.3 Å². The lowest BCUT2D eigenvalue weighted by molar-refractivity contribution is 0.292. The van der Waals surface area contributed by atoms with E-state index in [1.54, 1.807) is 11.3 Å². The first-order valence-electron chi connectivity index (χ1n) is 8.54. The van der Waals surface area contributed by atoms with Crippen molar-refractivity contribution >= 4 is 17.0 Å². The fourth-order valence-electron chi connectivity index (χ4n) is 2.71. The third-order valence-corrected chi connectivity index (χ3v) is 5.30. The van der Waals surface area contributed by atoms with Crippen LogP contribution in [-0.4, -0.2) is 29.1 Å². The molecule has 0 saturated carbocycles. The molecule has 4 heteroatoms. The van der Waals surface area contributed by atoms with Gasteiger partial charge in [0.1, 0.15) is 0 Å². The van der Waals surface area contributed by atoms with E-state index in [0.29, 0.717) is 0 Å². The predicted octanol–water partition coefficient (Wildman–Crippen LogP) is 4.44. The summed E-state index contributed by atoms with van der Waals surface area (Å²) in [5.74, 6) is 0. The fraction of sp³-hybridized carbons (Fsp3) is 0.526. The maximum absolute atomic E-state index is 4.93. The molecule has 126 valence electrons. The van der Waals surface area contributed by atoms with Crippen LogP contribution in [0.5, 0.6) is 0 Å². The largest absolute Gasteiger partial charge is 0.321 e. The molecule has 0 N–H and O–H groups in total. The molecule has 0 spiro atoms. The summed E-state index contributed by atoms with van der Waals surface area (Å²) in [6, 6.07) is 6.47. The maximum atomic E-state index is 4.93. The SMILES string of the molecule is CCN(CC)CCCn1c(C)csc1=Nc1cc(C)ccc1C. The molecule has 3 nitrogen and oxygen atoms in total. The van der Waals surface area contributed by atoms with E-state index < -0.39 is 0 Å². The van der Waals surface area contributed by atoms with E-state index in [2.05, 4.69) is 67.7 Å². The first-order chi connectivity index (χ1) is 11.0. The molecule has 0 bridgehead atoms. The summed E-state index contributed by atoms with van der Waals surface area (Å²) in [5.41, 5.74) is 4.88. The van der Waals surface area contributed by atoms with Crippen molar-refractivity contribution in [3.63, 3.8) is 0 Å². The van der Waals surface area contributed by atoms with Gasteiger partial charge in [-0.25, -0.2) is 4.99 Å². The second kappa shape index (κ2) is 8.46. The molecule has 0 amide bonds. The van der Waals surface area contributed by atoms with Crippen molar-refractivity contribution in [2.45, 2.75) is 47.6 Å². The lowest BCUT2D eigenvalue weighted by Crippen LogP contribution is -2.26. The number of aryl methyl sites for hydroxylation is 3. The zero-order chi connectivity index (χ0) is 16.8. The number of nitrogens with zero attached hydrogens (tertiary/aromatic N) is 3. The first kappa shape index (κ1) is 18.0. The molecule has 2 rings (SSSR count). The molecule has 1 aromatic heterocycles. The summed E-state index contributed by atoms with van der Waals surface area (Å²) >= 11 is 1.74. The lowest BCUT2D eigenvalue weighted by atomic mass is 10.1. The predicted molar refractivity (Wildman–Crippen MR) is 101 cm³/mol. The minimum atomic E-state index is 1.04. The number of thiazole rings is 1. The number of hydrogen-bond donors (Lipinski definition) is 0. The van der Waals surface area contributed by atoms with Gasteiger partial charge in [-0.05, 0) is 64.0 Å². The zero-order valence-electron chi connectivity index (χ0n) is 15.1. The maximum Gasteiger partial charge on any atom is 0.190 e. The molecule has 23 heavy (non-hydrogen) atoms. The van der Waals surface area contributed by atoms with Crippen molar-refractivity contribution in [3.8, 4) is 0 Å². The van der Waals surface area contributed by atoms with Crippen molar-refractivity contribution in [2.24, 2.45) is 4.99 Å². The molecule has 1 aromatic carbocycles. The average molecular weight is 332 g/mol. The standard InChI is InChI=1S/C19H29N3S/c1-6-21(7-2)11-8-12-22-17(5)14-23-19(22)20-18-13-15(3)9-10-16(18)4/h9-10,13-14H,6-8,11-12H2,1-5H3. The van der Waals surface area contributed by atoms with Crippen molar-refractivity contribution in [1.29, 1.82) is 0 Å². The Morgan fingerprint density at radius 3 is 2.57 bits per heavy atom. The highest BCUT2D eigenvalue weighted by Gasteiger charge is 2.05. The number of hydrogen-bond acceptors (Lipinski definition) is 3. The molecule has 0 aliphatic carbocycles. The third kappa shape index (κ3) is 4.79. The quantitative estimate of drug-likeness (QED) is 0.734. The van der Waals surface area contributed by atoms with Crippen LogP contribution in [0.2, 0.25) is 0 Å². The van der Waals surface area contributed by atoms with E-state index in [1.165, 1.54) is 23.2 Å². The van der Waals surface area contributed by atoms with E-state index in [9.17, 15) is 0 Å². The van der Waals surface area contributed by atoms with Crippen LogP contribution in [0, 0.1) is 20.8 Å². The Balaban J connectivity index is 2.21. The second-order valence-electron chi connectivity index (χ2n) is 6.09. The van der Waals surface area contributed by atoms with Gasteiger partial charge in [0.15, 0.2) is 4.80 Å². The van der Waals surface area contributed by atoms with Crippen molar-refractivity contribution in [1.82, 2.24) is 9.47 Å². The average Bonchev–Trinajstić information content (AvgIpc) is 2.88. The van der Waals surface area contributed by atoms with Gasteiger partial charge in [-0.3, -0.25) is 0 Å². The minimum absolute atomic E-state index is 1.04. The number of benzene rings is 1. The van der Waals surface area contributed by atoms with Gasteiger partial charge in [0, 0.05) is 17.6 Å². The topological polar surface area (TPSA) is 20.5 Å². The highest BCUT2D eigenvalue weighted by atomic mass is 32.1. The van der Waals surface area contributed by atoms with Crippen molar-refractivity contribution < 1.29 is 0 Å². The van der Waals surface area contributed by atoms with E-state index in [4.69, 9.17) is 4.99 Å². The lowest BCUT2D eigenvalue weighted by Gasteiger charge is -2.18. The molecule has 0 atom stereocenters. The normalized spacial score (nSPS) is 12.3. The Morgan fingerprint density at radius 1 is 1.13 bits per heavy atom. The Hall–Kier alpha value is -1.39. The Labute approximate surface area is 144 Å². The van der Waals surface area contributed by atoms with Crippen LogP contribution in [0.15, 0.2) is 28.6 Å². The van der Waals surface area contributed by atoms with Crippen LogP contribution in [0.3, 0.4) is 0 Å². The van der Waals surface area contributed by atoms with E-state index in [1.807, 2.05) is 0 Å². The van der Waals surface area contributed by atoms with Gasteiger partial charge in [0.2, 0.25) is 0 Å². The van der Waals surface area contributed by atoms with Gasteiger partial charge in [0.05, 0.1) is 5.69 Å². The first-order valence-corrected chi connectivity index (χ1v) is 9.42. The van der Waals surface area contributed by atoms with Gasteiger partial charge >= 0.3 is 0 Å². The zero-order valence-corrected chi connectivity index (χ0v) is 15.9. The highest BCUT2D eigenvalue weighted by molar-refractivity contribution is 7.07. The highest BCUT2D eigenvalue weighted by Crippen LogP contribution is 2.19. The van der Waals surface area contributed by atoms with Crippen LogP contribution >= 0.6 is 11.3 Å². The summed E-state index contributed by atoms with van der Waals surface area (Å²) in [4.78, 5) is 8.51. The summed E-state index contributed by atoms with van der Waals surface area (Å²) in [7, 11) is 0. The van der Waals surface area contributed by atoms with Crippen LogP contribution in [-0.2, 0) is 6.54 Å². The molecule has 0 aliphatic heterocycles. The smallest absolute Gasteiger partial charge is 0.190 e. The molecular formula is C19H29N3S. The fourth-order valence-corrected chi connectivity index (χ4v) is 3.63. The molecule has 0 aliphatic rings. The van der Waals surface area contributed by atoms with E-state index in [0.717, 1.165) is 36.7 Å². The Morgan fingerprint density at radius 2 is 1.87 bits per heavy atom. The molecule has 0 radical (unpaired) electrons. The molecule has 2 aromatic rings. The van der Waals surface area contributed by atoms with Gasteiger partial charge in [-0.1, -0.05) is 26.0 Å². The summed E-state index contributed by atoms with van der Waals surface area (Å²) in [6.07, 6.45) is 1.17. The second-order valence-corrected chi connectivity index (χ2v) is 6.93. The summed E-state index contributed by atoms with van der Waals surface area (Å²) in [6.45, 7) is 15.3. The van der Waals surface area contributed by atoms with Gasteiger partial charge < -0.3 is 9.47 Å². The Kier molecular flexibility index (Phi) is 6.60. The van der Waals surface area contributed by atoms with E-state index >= 15 is 0 Å². The van der Waals surface area contributed by atoms with Crippen molar-refractivity contribution in [2.75, 3.05) is 19.6 Å². The minimum Gasteiger partial charge on any atom is -0.321 e. The van der Waals surface area contributed by atoms with Gasteiger partial charge in [0.25, 0.3) is 0 Å². The van der Waals surface area contributed by atoms with Crippen LogP contribution in [0.1, 0.15) is 37.1 Å². The van der Waals surface area contributed by atoms with Crippen LogP contribution in [0.25, 0.3) is 0 Å². The van der Waals surface area contributed by atoms with E-state index in [-0.39, 0.29) is 0 Å². The number of rotatable bonds is 7. The molecule has 0 fully saturated rings. The molecule has 0 unspecified atom stereocenters. The van der Waals surface area contributed by atoms with Gasteiger partial charge in [-0.2, -0.15) is 0 Å². The van der Waals surface area contributed by atoms with Crippen LogP contribution in [0.4, 0.5) is 5.69 Å². The Bertz CT molecular complexity index is 693. The number of aromatic nitrogens is 1. The molecular weight excluding hydrogens is 302 g/mol. The monoisotopic (exact) mass is 331 g/mol. The van der Waals surface area contributed by atoms with Crippen molar-refractivity contribution in [3.05, 3.63) is 45.2 Å². The third-order valence-electron chi connectivity index (χ3n) is 4.32. The summed E-state index contributed by atoms with van der Waals surface area (Å²) in [5, 5.41) is 2.21. The summed E-state index contributed by atoms with van der Waals surface area (Å²) < 4.78 is 2.36.